The topological polar surface area (TPSA) is 21.6 Å². The summed E-state index contributed by atoms with van der Waals surface area (Å²) in [6, 6.07) is 9.50. The summed E-state index contributed by atoms with van der Waals surface area (Å²) in [7, 11) is 0.583. The Bertz CT molecular complexity index is 320. The number of aliphatic imine (C=N–C) groups is 1. The van der Waals surface area contributed by atoms with Gasteiger partial charge in [-0.1, -0.05) is 18.2 Å². The molecule has 0 atom stereocenters. The predicted octanol–water partition coefficient (Wildman–Crippen LogP) is 3.57. The molecule has 15 heavy (non-hydrogen) atoms. The molecule has 0 saturated heterocycles. The van der Waals surface area contributed by atoms with Crippen LogP contribution in [-0.2, 0) is 4.74 Å². The first-order valence-corrected chi connectivity index (χ1v) is 4.15. The van der Waals surface area contributed by atoms with Crippen LogP contribution in [0.25, 0.3) is 0 Å². The van der Waals surface area contributed by atoms with Gasteiger partial charge in [0.15, 0.2) is 0 Å². The molecule has 0 N–H and O–H groups in total. The molecular weight excluding hydrogens is 227 g/mol. The van der Waals surface area contributed by atoms with Crippen LogP contribution in [0.3, 0.4) is 0 Å². The lowest BCUT2D eigenvalue weighted by Crippen LogP contribution is -2.08. The van der Waals surface area contributed by atoms with E-state index in [0.29, 0.717) is 7.11 Å². The Morgan fingerprint density at radius 1 is 1.27 bits per heavy atom. The van der Waals surface area contributed by atoms with Crippen LogP contribution in [0, 0.1) is 0 Å². The molecule has 0 heterocycles. The molecule has 6 heteroatoms. The van der Waals surface area contributed by atoms with E-state index in [9.17, 15) is 13.2 Å². The van der Waals surface area contributed by atoms with Gasteiger partial charge in [0.25, 0.3) is 0 Å². The van der Waals surface area contributed by atoms with Crippen LogP contribution in [0.5, 0.6) is 0 Å². The maximum atomic E-state index is 10.6. The van der Waals surface area contributed by atoms with Crippen molar-refractivity contribution < 1.29 is 17.9 Å². The fourth-order valence-corrected chi connectivity index (χ4v) is 0.661. The quantitative estimate of drug-likeness (QED) is 0.548. The van der Waals surface area contributed by atoms with Crippen molar-refractivity contribution in [2.75, 3.05) is 7.11 Å². The molecular formula is C9H8F3NOS. The van der Waals surface area contributed by atoms with Crippen molar-refractivity contribution in [3.05, 3.63) is 30.3 Å². The number of halogens is 3. The molecule has 0 fully saturated rings. The number of hydrogen-bond donors (Lipinski definition) is 0. The van der Waals surface area contributed by atoms with Crippen LogP contribution < -0.4 is 0 Å². The van der Waals surface area contributed by atoms with Crippen LogP contribution in [0.1, 0.15) is 0 Å². The lowest BCUT2D eigenvalue weighted by atomic mass is 10.3. The summed E-state index contributed by atoms with van der Waals surface area (Å²) < 4.78 is 34.6. The highest BCUT2D eigenvalue weighted by atomic mass is 32.1. The third kappa shape index (κ3) is 9.08. The summed E-state index contributed by atoms with van der Waals surface area (Å²) in [6.45, 7) is 0. The molecule has 0 unspecified atom stereocenters. The largest absolute Gasteiger partial charge is 0.522 e. The second-order valence-electron chi connectivity index (χ2n) is 2.19. The lowest BCUT2D eigenvalue weighted by molar-refractivity contribution is -0.311. The van der Waals surface area contributed by atoms with E-state index in [0.717, 1.165) is 5.69 Å². The molecule has 0 bridgehead atoms. The van der Waals surface area contributed by atoms with Crippen molar-refractivity contribution >= 4 is 23.1 Å². The van der Waals surface area contributed by atoms with Crippen molar-refractivity contribution in [3.63, 3.8) is 0 Å². The Hall–Kier alpha value is -1.23. The molecule has 1 aromatic carbocycles. The minimum Gasteiger partial charge on any atom is -0.295 e. The Kier molecular flexibility index (Phi) is 6.53. The molecule has 1 aromatic rings. The van der Waals surface area contributed by atoms with Gasteiger partial charge >= 0.3 is 6.36 Å². The molecule has 0 aliphatic carbocycles. The van der Waals surface area contributed by atoms with Crippen LogP contribution >= 0.6 is 12.2 Å². The van der Waals surface area contributed by atoms with Gasteiger partial charge in [0.1, 0.15) is 0 Å². The first-order chi connectivity index (χ1) is 6.99. The molecule has 0 radical (unpaired) electrons. The molecule has 82 valence electrons. The van der Waals surface area contributed by atoms with Crippen molar-refractivity contribution in [3.8, 4) is 0 Å². The molecule has 0 spiro atoms. The van der Waals surface area contributed by atoms with Crippen molar-refractivity contribution in [2.45, 2.75) is 6.36 Å². The van der Waals surface area contributed by atoms with Crippen molar-refractivity contribution in [1.29, 1.82) is 0 Å². The van der Waals surface area contributed by atoms with Crippen LogP contribution in [0.2, 0.25) is 0 Å². The minimum atomic E-state index is -4.46. The highest BCUT2D eigenvalue weighted by Crippen LogP contribution is 2.13. The fraction of sp³-hybridized carbons (Fsp3) is 0.222. The summed E-state index contributed by atoms with van der Waals surface area (Å²) in [4.78, 5) is 3.77. The Labute approximate surface area is 90.4 Å². The van der Waals surface area contributed by atoms with E-state index in [1.54, 1.807) is 0 Å². The zero-order chi connectivity index (χ0) is 11.7. The average molecular weight is 235 g/mol. The van der Waals surface area contributed by atoms with Gasteiger partial charge in [-0.2, -0.15) is 4.99 Å². The second-order valence-corrected chi connectivity index (χ2v) is 2.37. The van der Waals surface area contributed by atoms with E-state index in [1.165, 1.54) is 0 Å². The first kappa shape index (κ1) is 13.8. The Morgan fingerprint density at radius 2 is 1.73 bits per heavy atom. The van der Waals surface area contributed by atoms with Crippen LogP contribution in [0.15, 0.2) is 35.3 Å². The smallest absolute Gasteiger partial charge is 0.295 e. The molecule has 0 aliphatic heterocycles. The van der Waals surface area contributed by atoms with E-state index in [4.69, 9.17) is 0 Å². The normalized spacial score (nSPS) is 9.60. The number of methoxy groups -OCH3 is 1. The number of alkyl halides is 3. The predicted molar refractivity (Wildman–Crippen MR) is 54.2 cm³/mol. The standard InChI is InChI=1S/C7H5NS.C2H3F3O/c9-6-8-7-4-2-1-3-5-7;1-6-2(3,4)5/h1-5H;1H3. The number of para-hydroxylation sites is 1. The Balaban J connectivity index is 0.000000288. The van der Waals surface area contributed by atoms with Gasteiger partial charge in [0.05, 0.1) is 10.8 Å². The van der Waals surface area contributed by atoms with Gasteiger partial charge in [0, 0.05) is 7.11 Å². The molecule has 0 aliphatic rings. The third-order valence-electron chi connectivity index (χ3n) is 1.16. The monoisotopic (exact) mass is 235 g/mol. The number of benzene rings is 1. The number of thiocarbonyl (C=S) groups is 1. The van der Waals surface area contributed by atoms with E-state index in [1.807, 2.05) is 30.3 Å². The Morgan fingerprint density at radius 3 is 2.07 bits per heavy atom. The van der Waals surface area contributed by atoms with Crippen LogP contribution in [-0.4, -0.2) is 18.6 Å². The molecule has 0 saturated carbocycles. The van der Waals surface area contributed by atoms with Gasteiger partial charge in [-0.15, -0.1) is 13.2 Å². The maximum Gasteiger partial charge on any atom is 0.522 e. The number of ether oxygens (including phenoxy) is 1. The molecule has 0 aromatic heterocycles. The fourth-order valence-electron chi connectivity index (χ4n) is 0.555. The zero-order valence-corrected chi connectivity index (χ0v) is 8.60. The summed E-state index contributed by atoms with van der Waals surface area (Å²) >= 11 is 4.42. The van der Waals surface area contributed by atoms with E-state index < -0.39 is 6.36 Å². The summed E-state index contributed by atoms with van der Waals surface area (Å²) in [5.74, 6) is 0. The lowest BCUT2D eigenvalue weighted by Gasteiger charge is -1.97. The number of nitrogens with zero attached hydrogens (tertiary/aromatic N) is 1. The van der Waals surface area contributed by atoms with Gasteiger partial charge in [-0.05, 0) is 24.4 Å². The summed E-state index contributed by atoms with van der Waals surface area (Å²) in [6.07, 6.45) is -4.46. The maximum absolute atomic E-state index is 10.6. The highest BCUT2D eigenvalue weighted by molar-refractivity contribution is 7.78. The van der Waals surface area contributed by atoms with Gasteiger partial charge in [-0.25, -0.2) is 0 Å². The van der Waals surface area contributed by atoms with E-state index in [2.05, 4.69) is 27.1 Å². The van der Waals surface area contributed by atoms with E-state index >= 15 is 0 Å². The molecule has 1 rings (SSSR count). The third-order valence-corrected chi connectivity index (χ3v) is 1.25. The second kappa shape index (κ2) is 7.11. The van der Waals surface area contributed by atoms with Crippen molar-refractivity contribution in [2.24, 2.45) is 4.99 Å². The van der Waals surface area contributed by atoms with Gasteiger partial charge in [0.2, 0.25) is 0 Å². The van der Waals surface area contributed by atoms with Gasteiger partial charge in [-0.3, -0.25) is 4.74 Å². The summed E-state index contributed by atoms with van der Waals surface area (Å²) in [5, 5.41) is 2.29. The highest BCUT2D eigenvalue weighted by Gasteiger charge is 2.25. The summed E-state index contributed by atoms with van der Waals surface area (Å²) in [5.41, 5.74) is 0.854. The number of rotatable bonds is 1. The van der Waals surface area contributed by atoms with E-state index in [-0.39, 0.29) is 0 Å². The number of isothiocyanates is 1. The van der Waals surface area contributed by atoms with Crippen molar-refractivity contribution in [1.82, 2.24) is 0 Å². The van der Waals surface area contributed by atoms with Crippen LogP contribution in [0.4, 0.5) is 18.9 Å². The molecule has 0 amide bonds. The average Bonchev–Trinajstić information content (AvgIpc) is 2.20. The SMILES string of the molecule is COC(F)(F)F.S=C=Nc1ccccc1. The van der Waals surface area contributed by atoms with Gasteiger partial charge < -0.3 is 0 Å². The molecule has 2 nitrogen and oxygen atoms in total. The first-order valence-electron chi connectivity index (χ1n) is 3.74. The minimum absolute atomic E-state index is 0.583. The number of hydrogen-bond acceptors (Lipinski definition) is 3. The zero-order valence-electron chi connectivity index (χ0n) is 7.78.